The molecule has 1 aromatic heterocycles. The second-order valence-electron chi connectivity index (χ2n) is 6.06. The molecular formula is C22H18N2O5. The highest BCUT2D eigenvalue weighted by atomic mass is 16.6. The molecule has 2 aromatic carbocycles. The molecule has 0 saturated heterocycles. The number of ether oxygens (including phenoxy) is 2. The highest BCUT2D eigenvalue weighted by Crippen LogP contribution is 2.12. The third-order valence-electron chi connectivity index (χ3n) is 3.86. The van der Waals surface area contributed by atoms with Crippen LogP contribution in [0.15, 0.2) is 83.3 Å². The molecule has 29 heavy (non-hydrogen) atoms. The fourth-order valence-electron chi connectivity index (χ4n) is 2.44. The van der Waals surface area contributed by atoms with Crippen LogP contribution in [0.2, 0.25) is 0 Å². The number of rotatable bonds is 7. The van der Waals surface area contributed by atoms with Gasteiger partial charge in [0.15, 0.2) is 0 Å². The van der Waals surface area contributed by atoms with E-state index in [-0.39, 0.29) is 24.4 Å². The summed E-state index contributed by atoms with van der Waals surface area (Å²) >= 11 is 0. The van der Waals surface area contributed by atoms with E-state index in [1.165, 1.54) is 18.3 Å². The molecule has 0 spiro atoms. The standard InChI is InChI=1S/C22H18N2O5/c25-20-12-18(13-23-24-20)11-19(21(26)28-14-16-7-3-1-4-8-16)22(27)29-15-17-9-5-2-6-10-17/h1-13H,14-15H2,(H,24,25). The van der Waals surface area contributed by atoms with E-state index in [2.05, 4.69) is 10.2 Å². The normalized spacial score (nSPS) is 10.1. The first-order valence-corrected chi connectivity index (χ1v) is 8.80. The molecule has 0 aliphatic carbocycles. The fourth-order valence-corrected chi connectivity index (χ4v) is 2.44. The van der Waals surface area contributed by atoms with E-state index in [0.717, 1.165) is 11.1 Å². The van der Waals surface area contributed by atoms with Crippen LogP contribution >= 0.6 is 0 Å². The molecule has 3 rings (SSSR count). The summed E-state index contributed by atoms with van der Waals surface area (Å²) in [5, 5.41) is 5.89. The van der Waals surface area contributed by atoms with E-state index >= 15 is 0 Å². The van der Waals surface area contributed by atoms with Crippen LogP contribution in [0.1, 0.15) is 16.7 Å². The van der Waals surface area contributed by atoms with Gasteiger partial charge in [-0.1, -0.05) is 60.7 Å². The third-order valence-corrected chi connectivity index (χ3v) is 3.86. The van der Waals surface area contributed by atoms with Crippen LogP contribution in [-0.2, 0) is 32.3 Å². The van der Waals surface area contributed by atoms with Crippen LogP contribution in [0.3, 0.4) is 0 Å². The summed E-state index contributed by atoms with van der Waals surface area (Å²) < 4.78 is 10.5. The first-order chi connectivity index (χ1) is 14.1. The van der Waals surface area contributed by atoms with E-state index in [9.17, 15) is 14.4 Å². The van der Waals surface area contributed by atoms with Gasteiger partial charge in [0.1, 0.15) is 18.8 Å². The second kappa shape index (κ2) is 9.80. The Morgan fingerprint density at radius 1 is 0.862 bits per heavy atom. The predicted molar refractivity (Wildman–Crippen MR) is 105 cm³/mol. The molecular weight excluding hydrogens is 372 g/mol. The van der Waals surface area contributed by atoms with Gasteiger partial charge >= 0.3 is 11.9 Å². The highest BCUT2D eigenvalue weighted by Gasteiger charge is 2.22. The average Bonchev–Trinajstić information content (AvgIpc) is 2.75. The predicted octanol–water partition coefficient (Wildman–Crippen LogP) is 2.64. The Bertz CT molecular complexity index is 1000. The summed E-state index contributed by atoms with van der Waals surface area (Å²) in [7, 11) is 0. The van der Waals surface area contributed by atoms with Crippen molar-refractivity contribution in [3.63, 3.8) is 0 Å². The summed E-state index contributed by atoms with van der Waals surface area (Å²) in [6, 6.07) is 19.3. The zero-order chi connectivity index (χ0) is 20.5. The van der Waals surface area contributed by atoms with Gasteiger partial charge in [-0.3, -0.25) is 4.79 Å². The Kier molecular flexibility index (Phi) is 6.67. The Morgan fingerprint density at radius 2 is 1.38 bits per heavy atom. The van der Waals surface area contributed by atoms with Crippen LogP contribution in [-0.4, -0.2) is 22.1 Å². The Morgan fingerprint density at radius 3 is 1.86 bits per heavy atom. The number of carbonyl (C=O) groups is 2. The van der Waals surface area contributed by atoms with E-state index < -0.39 is 17.5 Å². The number of aromatic nitrogens is 2. The maximum absolute atomic E-state index is 12.6. The zero-order valence-corrected chi connectivity index (χ0v) is 15.4. The molecule has 0 radical (unpaired) electrons. The molecule has 146 valence electrons. The van der Waals surface area contributed by atoms with Crippen molar-refractivity contribution in [3.8, 4) is 0 Å². The molecule has 0 fully saturated rings. The molecule has 0 unspecified atom stereocenters. The largest absolute Gasteiger partial charge is 0.457 e. The van der Waals surface area contributed by atoms with Crippen molar-refractivity contribution in [2.24, 2.45) is 0 Å². The first-order valence-electron chi connectivity index (χ1n) is 8.80. The molecule has 0 aliphatic heterocycles. The first kappa shape index (κ1) is 19.8. The van der Waals surface area contributed by atoms with Crippen molar-refractivity contribution in [2.45, 2.75) is 13.2 Å². The van der Waals surface area contributed by atoms with Gasteiger partial charge in [0.05, 0.1) is 6.20 Å². The molecule has 0 amide bonds. The Balaban J connectivity index is 1.77. The highest BCUT2D eigenvalue weighted by molar-refractivity contribution is 6.17. The van der Waals surface area contributed by atoms with E-state index in [0.29, 0.717) is 0 Å². The van der Waals surface area contributed by atoms with Crippen LogP contribution < -0.4 is 5.56 Å². The van der Waals surface area contributed by atoms with E-state index in [1.54, 1.807) is 24.3 Å². The smallest absolute Gasteiger partial charge is 0.345 e. The van der Waals surface area contributed by atoms with Gasteiger partial charge in [0.2, 0.25) is 0 Å². The molecule has 0 saturated carbocycles. The van der Waals surface area contributed by atoms with Gasteiger partial charge in [-0.15, -0.1) is 0 Å². The number of carbonyl (C=O) groups excluding carboxylic acids is 2. The fraction of sp³-hybridized carbons (Fsp3) is 0.0909. The molecule has 0 bridgehead atoms. The minimum atomic E-state index is -0.854. The molecule has 1 N–H and O–H groups in total. The maximum Gasteiger partial charge on any atom is 0.345 e. The number of aromatic amines is 1. The lowest BCUT2D eigenvalue weighted by Gasteiger charge is -2.09. The van der Waals surface area contributed by atoms with Gasteiger partial charge < -0.3 is 9.47 Å². The van der Waals surface area contributed by atoms with Gasteiger partial charge in [-0.2, -0.15) is 5.10 Å². The Labute approximate surface area is 166 Å². The van der Waals surface area contributed by atoms with Crippen molar-refractivity contribution >= 4 is 18.0 Å². The summed E-state index contributed by atoms with van der Waals surface area (Å²) in [5.74, 6) is -1.71. The van der Waals surface area contributed by atoms with Crippen molar-refractivity contribution in [1.29, 1.82) is 0 Å². The topological polar surface area (TPSA) is 98.4 Å². The van der Waals surface area contributed by atoms with Crippen molar-refractivity contribution < 1.29 is 19.1 Å². The molecule has 0 aliphatic rings. The lowest BCUT2D eigenvalue weighted by atomic mass is 10.1. The van der Waals surface area contributed by atoms with Gasteiger partial charge in [0, 0.05) is 11.6 Å². The van der Waals surface area contributed by atoms with Crippen molar-refractivity contribution in [2.75, 3.05) is 0 Å². The number of nitrogens with zero attached hydrogens (tertiary/aromatic N) is 1. The van der Waals surface area contributed by atoms with Gasteiger partial charge in [0.25, 0.3) is 5.56 Å². The van der Waals surface area contributed by atoms with Crippen LogP contribution in [0.4, 0.5) is 0 Å². The molecule has 7 nitrogen and oxygen atoms in total. The summed E-state index contributed by atoms with van der Waals surface area (Å²) in [4.78, 5) is 36.6. The number of hydrogen-bond acceptors (Lipinski definition) is 6. The average molecular weight is 390 g/mol. The molecule has 3 aromatic rings. The van der Waals surface area contributed by atoms with E-state index in [1.807, 2.05) is 36.4 Å². The van der Waals surface area contributed by atoms with Crippen LogP contribution in [0.25, 0.3) is 6.08 Å². The summed E-state index contributed by atoms with van der Waals surface area (Å²) in [6.45, 7) is -0.00674. The lowest BCUT2D eigenvalue weighted by molar-refractivity contribution is -0.148. The van der Waals surface area contributed by atoms with Gasteiger partial charge in [-0.25, -0.2) is 14.7 Å². The summed E-state index contributed by atoms with van der Waals surface area (Å²) in [5.41, 5.74) is 1.03. The summed E-state index contributed by atoms with van der Waals surface area (Å²) in [6.07, 6.45) is 2.54. The molecule has 7 heteroatoms. The van der Waals surface area contributed by atoms with E-state index in [4.69, 9.17) is 9.47 Å². The van der Waals surface area contributed by atoms with Crippen LogP contribution in [0, 0.1) is 0 Å². The quantitative estimate of drug-likeness (QED) is 0.288. The number of nitrogens with one attached hydrogen (secondary N) is 1. The number of hydrogen-bond donors (Lipinski definition) is 1. The number of H-pyrrole nitrogens is 1. The van der Waals surface area contributed by atoms with Gasteiger partial charge in [-0.05, 0) is 17.2 Å². The van der Waals surface area contributed by atoms with Crippen molar-refractivity contribution in [3.05, 3.63) is 106 Å². The SMILES string of the molecule is O=C(OCc1ccccc1)C(=Cc1cn[nH]c(=O)c1)C(=O)OCc1ccccc1. The number of benzene rings is 2. The van der Waals surface area contributed by atoms with Crippen LogP contribution in [0.5, 0.6) is 0 Å². The Hall–Kier alpha value is -4.00. The monoisotopic (exact) mass is 390 g/mol. The molecule has 1 heterocycles. The van der Waals surface area contributed by atoms with Crippen molar-refractivity contribution in [1.82, 2.24) is 10.2 Å². The lowest BCUT2D eigenvalue weighted by Crippen LogP contribution is -2.18. The number of esters is 2. The molecule has 0 atom stereocenters. The minimum absolute atomic E-state index is 0.00337. The second-order valence-corrected chi connectivity index (χ2v) is 6.06. The minimum Gasteiger partial charge on any atom is -0.457 e. The third kappa shape index (κ3) is 6.00. The maximum atomic E-state index is 12.6. The zero-order valence-electron chi connectivity index (χ0n) is 15.4.